The van der Waals surface area contributed by atoms with Gasteiger partial charge in [0, 0.05) is 0 Å². The van der Waals surface area contributed by atoms with E-state index in [-0.39, 0.29) is 21.7 Å². The molecule has 37 heavy (non-hydrogen) atoms. The zero-order valence-corrected chi connectivity index (χ0v) is 28.7. The second-order valence-electron chi connectivity index (χ2n) is 14.9. The topological polar surface area (TPSA) is 95.8 Å². The molecule has 2 atom stereocenters. The minimum atomic E-state index is -1.12. The third kappa shape index (κ3) is 29.2. The maximum atomic E-state index is 10.1. The minimum absolute atomic E-state index is 0. The van der Waals surface area contributed by atoms with E-state index in [4.69, 9.17) is 28.4 Å². The molecule has 0 fully saturated rings. The molecular formula is C28H60O8Ti+2. The van der Waals surface area contributed by atoms with Crippen molar-refractivity contribution in [2.24, 2.45) is 0 Å². The molecule has 0 aromatic rings. The van der Waals surface area contributed by atoms with Gasteiger partial charge in [0.1, 0.15) is 0 Å². The Labute approximate surface area is 243 Å². The Hall–Kier alpha value is 0.394. The molecule has 8 nitrogen and oxygen atoms in total. The van der Waals surface area contributed by atoms with Gasteiger partial charge in [0.05, 0.1) is 33.6 Å². The second kappa shape index (κ2) is 15.4. The van der Waals surface area contributed by atoms with E-state index in [0.717, 1.165) is 0 Å². The van der Waals surface area contributed by atoms with Crippen molar-refractivity contribution in [3.8, 4) is 0 Å². The first-order valence-electron chi connectivity index (χ1n) is 12.8. The van der Waals surface area contributed by atoms with Crippen molar-refractivity contribution in [2.45, 2.75) is 183 Å². The van der Waals surface area contributed by atoms with Crippen LogP contribution in [0.5, 0.6) is 0 Å². The fraction of sp³-hybridized carbons (Fsp3) is 1.00. The summed E-state index contributed by atoms with van der Waals surface area (Å²) in [5.41, 5.74) is -2.59. The van der Waals surface area contributed by atoms with E-state index in [1.54, 1.807) is 0 Å². The monoisotopic (exact) mass is 572 g/mol. The first-order valence-corrected chi connectivity index (χ1v) is 12.8. The molecule has 9 heteroatoms. The summed E-state index contributed by atoms with van der Waals surface area (Å²) in [5.74, 6) is 0. The number of aliphatic hydroxyl groups excluding tert-OH is 2. The van der Waals surface area contributed by atoms with Gasteiger partial charge in [-0.15, -0.1) is 0 Å². The number of hydrogen-bond acceptors (Lipinski definition) is 8. The molecule has 0 aliphatic heterocycles. The second-order valence-corrected chi connectivity index (χ2v) is 14.9. The predicted octanol–water partition coefficient (Wildman–Crippen LogP) is 6.15. The molecule has 222 valence electrons. The molecular weight excluding hydrogens is 512 g/mol. The zero-order chi connectivity index (χ0) is 29.6. The summed E-state index contributed by atoms with van der Waals surface area (Å²) in [6, 6.07) is 0. The van der Waals surface area contributed by atoms with Crippen LogP contribution in [0.2, 0.25) is 0 Å². The Balaban J connectivity index is -0.000000608. The van der Waals surface area contributed by atoms with Crippen LogP contribution in [0.4, 0.5) is 0 Å². The quantitative estimate of drug-likeness (QED) is 0.264. The van der Waals surface area contributed by atoms with Gasteiger partial charge in [-0.25, -0.2) is 0 Å². The third-order valence-electron chi connectivity index (χ3n) is 3.29. The van der Waals surface area contributed by atoms with Crippen LogP contribution in [-0.2, 0) is 50.1 Å². The van der Waals surface area contributed by atoms with Gasteiger partial charge in [-0.2, -0.15) is 0 Å². The molecule has 2 N–H and O–H groups in total. The summed E-state index contributed by atoms with van der Waals surface area (Å²) in [4.78, 5) is 0. The zero-order valence-electron chi connectivity index (χ0n) is 27.2. The van der Waals surface area contributed by atoms with Crippen LogP contribution in [-0.4, -0.2) is 69.0 Å². The van der Waals surface area contributed by atoms with Crippen LogP contribution < -0.4 is 0 Å². The van der Waals surface area contributed by atoms with Crippen LogP contribution in [0.1, 0.15) is 125 Å². The van der Waals surface area contributed by atoms with Gasteiger partial charge >= 0.3 is 21.7 Å². The molecule has 0 aliphatic carbocycles. The Morgan fingerprint density at radius 2 is 0.459 bits per heavy atom. The Morgan fingerprint density at radius 1 is 0.324 bits per heavy atom. The van der Waals surface area contributed by atoms with Gasteiger partial charge in [0.15, 0.2) is 0 Å². The average Bonchev–Trinajstić information content (AvgIpc) is 2.45. The van der Waals surface area contributed by atoms with E-state index < -0.39 is 58.8 Å². The molecule has 0 saturated carbocycles. The third-order valence-corrected chi connectivity index (χ3v) is 3.29. The van der Waals surface area contributed by atoms with Crippen LogP contribution in [0.25, 0.3) is 0 Å². The molecule has 0 rings (SSSR count). The summed E-state index contributed by atoms with van der Waals surface area (Å²) < 4.78 is 33.9. The molecule has 0 spiro atoms. The van der Waals surface area contributed by atoms with E-state index in [1.165, 1.54) is 0 Å². The first-order chi connectivity index (χ1) is 15.4. The summed E-state index contributed by atoms with van der Waals surface area (Å²) in [7, 11) is 0. The van der Waals surface area contributed by atoms with Crippen molar-refractivity contribution in [1.29, 1.82) is 0 Å². The van der Waals surface area contributed by atoms with Crippen LogP contribution in [0, 0.1) is 0 Å². The maximum Gasteiger partial charge on any atom is 2.00 e. The Bertz CT molecular complexity index is 513. The molecule has 0 aliphatic rings. The molecule has 0 aromatic heterocycles. The van der Waals surface area contributed by atoms with Gasteiger partial charge in [0.2, 0.25) is 25.2 Å². The van der Waals surface area contributed by atoms with Gasteiger partial charge in [0.25, 0.3) is 0 Å². The van der Waals surface area contributed by atoms with Crippen LogP contribution >= 0.6 is 0 Å². The average molecular weight is 573 g/mol. The Morgan fingerprint density at radius 3 is 0.568 bits per heavy atom. The largest absolute Gasteiger partial charge is 2.00 e. The first kappa shape index (κ1) is 41.9. The van der Waals surface area contributed by atoms with Gasteiger partial charge in [-0.1, -0.05) is 0 Å². The van der Waals surface area contributed by atoms with Gasteiger partial charge < -0.3 is 38.6 Å². The molecule has 0 heterocycles. The fourth-order valence-corrected chi connectivity index (χ4v) is 2.51. The minimum Gasteiger partial charge on any atom is -0.364 e. The molecule has 0 bridgehead atoms. The van der Waals surface area contributed by atoms with E-state index >= 15 is 0 Å². The summed E-state index contributed by atoms with van der Waals surface area (Å²) >= 11 is 0. The van der Waals surface area contributed by atoms with Crippen molar-refractivity contribution < 1.29 is 60.4 Å². The number of hydrogen-bond donors (Lipinski definition) is 2. The molecule has 0 aromatic carbocycles. The van der Waals surface area contributed by atoms with Gasteiger partial charge in [-0.05, 0) is 125 Å². The van der Waals surface area contributed by atoms with Gasteiger partial charge in [-0.3, -0.25) is 0 Å². The van der Waals surface area contributed by atoms with Crippen molar-refractivity contribution in [3.05, 3.63) is 0 Å². The summed E-state index contributed by atoms with van der Waals surface area (Å²) in [5, 5.41) is 20.2. The van der Waals surface area contributed by atoms with E-state index in [0.29, 0.717) is 0 Å². The maximum absolute atomic E-state index is 10.1. The summed E-state index contributed by atoms with van der Waals surface area (Å²) in [6.07, 6.45) is -3.87. The Kier molecular flexibility index (Phi) is 17.4. The molecule has 0 radical (unpaired) electrons. The number of aliphatic hydroxyl groups is 2. The van der Waals surface area contributed by atoms with Crippen molar-refractivity contribution in [3.63, 3.8) is 0 Å². The van der Waals surface area contributed by atoms with E-state index in [1.807, 2.05) is 125 Å². The van der Waals surface area contributed by atoms with Crippen LogP contribution in [0.3, 0.4) is 0 Å². The van der Waals surface area contributed by atoms with E-state index in [9.17, 15) is 10.2 Å². The molecule has 0 amide bonds. The standard InChI is InChI=1S/2C14H30O4.Ti/c2*1-12(2,3)16-10(15)11(17-13(4,5)6)18-14(7,8)9;/h2*10-11,15H,1-9H3;/q;;+2. The van der Waals surface area contributed by atoms with Crippen molar-refractivity contribution in [2.75, 3.05) is 0 Å². The fourth-order valence-electron chi connectivity index (χ4n) is 2.51. The van der Waals surface area contributed by atoms with Crippen molar-refractivity contribution >= 4 is 0 Å². The van der Waals surface area contributed by atoms with Crippen LogP contribution in [0.15, 0.2) is 0 Å². The van der Waals surface area contributed by atoms with Crippen molar-refractivity contribution in [1.82, 2.24) is 0 Å². The normalized spacial score (nSPS) is 15.7. The van der Waals surface area contributed by atoms with E-state index in [2.05, 4.69) is 0 Å². The summed E-state index contributed by atoms with van der Waals surface area (Å²) in [6.45, 7) is 34.2. The smallest absolute Gasteiger partial charge is 0.364 e. The predicted molar refractivity (Wildman–Crippen MR) is 145 cm³/mol. The number of rotatable bonds is 8. The molecule has 0 saturated heterocycles. The molecule has 2 unspecified atom stereocenters. The SMILES string of the molecule is CC(C)(C)OC(O)C(OC(C)(C)C)OC(C)(C)C.CC(C)(C)OC(O)C(OC(C)(C)C)OC(C)(C)C.[Ti+2]. The number of ether oxygens (including phenoxy) is 6.